The van der Waals surface area contributed by atoms with Crippen LogP contribution in [0.15, 0.2) is 47.6 Å². The van der Waals surface area contributed by atoms with Crippen molar-refractivity contribution < 1.29 is 14.3 Å². The third-order valence-corrected chi connectivity index (χ3v) is 5.71. The summed E-state index contributed by atoms with van der Waals surface area (Å²) in [5.41, 5.74) is 3.07. The first-order valence-corrected chi connectivity index (χ1v) is 9.43. The van der Waals surface area contributed by atoms with E-state index in [0.717, 1.165) is 11.1 Å². The van der Waals surface area contributed by atoms with E-state index in [4.69, 9.17) is 9.47 Å². The SMILES string of the molecule is COc1ccc([C@@H]2CC(=O)n3nc(-c4ccc(C)cc4)nc3S2)cc1OC. The molecule has 27 heavy (non-hydrogen) atoms. The molecule has 1 aliphatic heterocycles. The van der Waals surface area contributed by atoms with E-state index in [1.54, 1.807) is 14.2 Å². The first-order valence-electron chi connectivity index (χ1n) is 8.55. The van der Waals surface area contributed by atoms with E-state index in [9.17, 15) is 4.79 Å². The average molecular weight is 381 g/mol. The van der Waals surface area contributed by atoms with Gasteiger partial charge in [0.1, 0.15) is 0 Å². The molecule has 0 bridgehead atoms. The van der Waals surface area contributed by atoms with Crippen LogP contribution in [0.25, 0.3) is 11.4 Å². The number of nitrogens with zero attached hydrogens (tertiary/aromatic N) is 3. The maximum absolute atomic E-state index is 12.6. The Balaban J connectivity index is 1.65. The fraction of sp³-hybridized carbons (Fsp3) is 0.250. The zero-order valence-corrected chi connectivity index (χ0v) is 16.1. The maximum Gasteiger partial charge on any atom is 0.250 e. The molecule has 2 aromatic carbocycles. The third kappa shape index (κ3) is 3.30. The van der Waals surface area contributed by atoms with Crippen LogP contribution in [0.5, 0.6) is 11.5 Å². The van der Waals surface area contributed by atoms with Crippen molar-refractivity contribution in [1.82, 2.24) is 14.8 Å². The number of methoxy groups -OCH3 is 2. The highest BCUT2D eigenvalue weighted by molar-refractivity contribution is 7.99. The summed E-state index contributed by atoms with van der Waals surface area (Å²) in [6.45, 7) is 2.03. The van der Waals surface area contributed by atoms with Gasteiger partial charge in [0.15, 0.2) is 22.5 Å². The van der Waals surface area contributed by atoms with Crippen LogP contribution in [0, 0.1) is 6.92 Å². The van der Waals surface area contributed by atoms with Gasteiger partial charge >= 0.3 is 0 Å². The Morgan fingerprint density at radius 2 is 1.81 bits per heavy atom. The molecular weight excluding hydrogens is 362 g/mol. The lowest BCUT2D eigenvalue weighted by Gasteiger charge is -2.21. The molecule has 0 fully saturated rings. The molecule has 2 heterocycles. The summed E-state index contributed by atoms with van der Waals surface area (Å²) in [5.74, 6) is 1.82. The molecule has 4 rings (SSSR count). The predicted molar refractivity (Wildman–Crippen MR) is 104 cm³/mol. The van der Waals surface area contributed by atoms with Crippen molar-refractivity contribution in [2.75, 3.05) is 14.2 Å². The Morgan fingerprint density at radius 1 is 1.07 bits per heavy atom. The summed E-state index contributed by atoms with van der Waals surface area (Å²) < 4.78 is 12.1. The number of aryl methyl sites for hydroxylation is 1. The molecule has 3 aromatic rings. The van der Waals surface area contributed by atoms with Crippen molar-refractivity contribution in [3.8, 4) is 22.9 Å². The highest BCUT2D eigenvalue weighted by atomic mass is 32.2. The van der Waals surface area contributed by atoms with Gasteiger partial charge in [0, 0.05) is 17.2 Å². The van der Waals surface area contributed by atoms with Crippen molar-refractivity contribution in [3.05, 3.63) is 53.6 Å². The number of carbonyl (C=O) groups excluding carboxylic acids is 1. The molecule has 1 atom stereocenters. The van der Waals surface area contributed by atoms with E-state index >= 15 is 0 Å². The molecule has 1 aromatic heterocycles. The van der Waals surface area contributed by atoms with Crippen LogP contribution in [-0.4, -0.2) is 34.9 Å². The zero-order chi connectivity index (χ0) is 19.0. The van der Waals surface area contributed by atoms with Crippen LogP contribution in [0.2, 0.25) is 0 Å². The summed E-state index contributed by atoms with van der Waals surface area (Å²) in [4.78, 5) is 17.2. The topological polar surface area (TPSA) is 66.2 Å². The van der Waals surface area contributed by atoms with Crippen LogP contribution in [-0.2, 0) is 0 Å². The van der Waals surface area contributed by atoms with Gasteiger partial charge in [-0.3, -0.25) is 4.79 Å². The molecule has 0 N–H and O–H groups in total. The van der Waals surface area contributed by atoms with Gasteiger partial charge in [0.25, 0.3) is 5.91 Å². The van der Waals surface area contributed by atoms with E-state index in [0.29, 0.717) is 28.9 Å². The number of hydrogen-bond donors (Lipinski definition) is 0. The fourth-order valence-corrected chi connectivity index (χ4v) is 4.16. The van der Waals surface area contributed by atoms with Crippen molar-refractivity contribution >= 4 is 17.7 Å². The van der Waals surface area contributed by atoms with E-state index < -0.39 is 0 Å². The lowest BCUT2D eigenvalue weighted by molar-refractivity contribution is 0.0868. The number of fused-ring (bicyclic) bond motifs is 1. The van der Waals surface area contributed by atoms with E-state index in [-0.39, 0.29) is 11.2 Å². The summed E-state index contributed by atoms with van der Waals surface area (Å²) in [7, 11) is 3.21. The minimum Gasteiger partial charge on any atom is -0.493 e. The lowest BCUT2D eigenvalue weighted by atomic mass is 10.1. The number of carbonyl (C=O) groups is 1. The number of ether oxygens (including phenoxy) is 2. The predicted octanol–water partition coefficient (Wildman–Crippen LogP) is 4.15. The molecule has 1 aliphatic rings. The standard InChI is InChI=1S/C20H19N3O3S/c1-12-4-6-13(7-5-12)19-21-20-23(22-19)18(24)11-17(27-20)14-8-9-15(25-2)16(10-14)26-3/h4-10,17H,11H2,1-3H3/t17-/m0/s1. The molecule has 0 unspecified atom stereocenters. The second kappa shape index (κ2) is 7.08. The first kappa shape index (κ1) is 17.6. The molecule has 0 aliphatic carbocycles. The Hall–Kier alpha value is -2.80. The van der Waals surface area contributed by atoms with Gasteiger partial charge in [-0.05, 0) is 24.6 Å². The highest BCUT2D eigenvalue weighted by Crippen LogP contribution is 2.43. The minimum atomic E-state index is -0.0607. The monoisotopic (exact) mass is 381 g/mol. The second-order valence-electron chi connectivity index (χ2n) is 6.31. The van der Waals surface area contributed by atoms with Gasteiger partial charge in [0.2, 0.25) is 0 Å². The summed E-state index contributed by atoms with van der Waals surface area (Å²) >= 11 is 1.54. The number of benzene rings is 2. The summed E-state index contributed by atoms with van der Waals surface area (Å²) in [6.07, 6.45) is 0.351. The Kier molecular flexibility index (Phi) is 4.61. The van der Waals surface area contributed by atoms with Gasteiger partial charge in [-0.1, -0.05) is 47.7 Å². The van der Waals surface area contributed by atoms with Crippen molar-refractivity contribution in [2.45, 2.75) is 23.8 Å². The second-order valence-corrected chi connectivity index (χ2v) is 7.48. The van der Waals surface area contributed by atoms with Crippen molar-refractivity contribution in [3.63, 3.8) is 0 Å². The minimum absolute atomic E-state index is 0.0418. The summed E-state index contributed by atoms with van der Waals surface area (Å²) in [6, 6.07) is 13.7. The Morgan fingerprint density at radius 3 is 2.52 bits per heavy atom. The van der Waals surface area contributed by atoms with Gasteiger partial charge in [-0.25, -0.2) is 4.98 Å². The highest BCUT2D eigenvalue weighted by Gasteiger charge is 2.30. The van der Waals surface area contributed by atoms with Crippen LogP contribution < -0.4 is 9.47 Å². The average Bonchev–Trinajstić information content (AvgIpc) is 3.12. The number of aromatic nitrogens is 3. The van der Waals surface area contributed by atoms with Gasteiger partial charge in [0.05, 0.1) is 14.2 Å². The largest absolute Gasteiger partial charge is 0.493 e. The van der Waals surface area contributed by atoms with Crippen molar-refractivity contribution in [2.24, 2.45) is 0 Å². The normalized spacial score (nSPS) is 16.1. The van der Waals surface area contributed by atoms with Crippen LogP contribution in [0.3, 0.4) is 0 Å². The smallest absolute Gasteiger partial charge is 0.250 e. The van der Waals surface area contributed by atoms with Gasteiger partial charge in [-0.2, -0.15) is 4.68 Å². The molecule has 0 radical (unpaired) electrons. The Bertz CT molecular complexity index is 998. The quantitative estimate of drug-likeness (QED) is 0.676. The van der Waals surface area contributed by atoms with E-state index in [1.807, 2.05) is 49.4 Å². The van der Waals surface area contributed by atoms with Gasteiger partial charge in [-0.15, -0.1) is 5.10 Å². The molecule has 6 nitrogen and oxygen atoms in total. The molecule has 7 heteroatoms. The summed E-state index contributed by atoms with van der Waals surface area (Å²) in [5, 5.41) is 4.98. The first-order chi connectivity index (χ1) is 13.1. The number of rotatable bonds is 4. The zero-order valence-electron chi connectivity index (χ0n) is 15.3. The van der Waals surface area contributed by atoms with E-state index in [2.05, 4.69) is 10.1 Å². The van der Waals surface area contributed by atoms with Gasteiger partial charge < -0.3 is 9.47 Å². The van der Waals surface area contributed by atoms with Crippen LogP contribution >= 0.6 is 11.8 Å². The molecule has 138 valence electrons. The van der Waals surface area contributed by atoms with E-state index in [1.165, 1.54) is 22.0 Å². The molecule has 0 saturated carbocycles. The number of thioether (sulfide) groups is 1. The van der Waals surface area contributed by atoms with Crippen LogP contribution in [0.1, 0.15) is 27.6 Å². The molecule has 0 saturated heterocycles. The lowest BCUT2D eigenvalue weighted by Crippen LogP contribution is -2.21. The Labute approximate surface area is 161 Å². The maximum atomic E-state index is 12.6. The van der Waals surface area contributed by atoms with Crippen LogP contribution in [0.4, 0.5) is 0 Å². The van der Waals surface area contributed by atoms with Crippen molar-refractivity contribution in [1.29, 1.82) is 0 Å². The number of hydrogen-bond acceptors (Lipinski definition) is 6. The molecular formula is C20H19N3O3S. The molecule has 0 spiro atoms. The third-order valence-electron chi connectivity index (χ3n) is 4.51. The fourth-order valence-electron chi connectivity index (χ4n) is 3.01. The molecule has 0 amide bonds.